The van der Waals surface area contributed by atoms with Crippen LogP contribution in [0, 0.1) is 5.82 Å². The maximum atomic E-state index is 13.2. The van der Waals surface area contributed by atoms with E-state index in [0.717, 1.165) is 0 Å². The van der Waals surface area contributed by atoms with E-state index in [9.17, 15) is 4.39 Å². The predicted octanol–water partition coefficient (Wildman–Crippen LogP) is 3.73. The molecular formula is C9H9BrClFO. The molecule has 0 amide bonds. The Labute approximate surface area is 90.0 Å². The van der Waals surface area contributed by atoms with Crippen molar-refractivity contribution in [1.82, 2.24) is 0 Å². The first-order chi connectivity index (χ1) is 6.19. The minimum Gasteiger partial charge on any atom is -0.493 e. The first-order valence-corrected chi connectivity index (χ1v) is 5.18. The van der Waals surface area contributed by atoms with Crippen LogP contribution in [0.3, 0.4) is 0 Å². The van der Waals surface area contributed by atoms with Gasteiger partial charge in [0.15, 0.2) is 0 Å². The molecule has 1 rings (SSSR count). The largest absolute Gasteiger partial charge is 0.493 e. The Morgan fingerprint density at radius 2 is 2.23 bits per heavy atom. The molecular weight excluding hydrogens is 258 g/mol. The van der Waals surface area contributed by atoms with E-state index in [1.54, 1.807) is 6.07 Å². The van der Waals surface area contributed by atoms with Crippen molar-refractivity contribution < 1.29 is 9.13 Å². The molecule has 0 atom stereocenters. The standard InChI is InChI=1S/C9H9BrClFO/c1-2-13-9-4-6(10)3-8(12)7(9)5-11/h3-4H,2,5H2,1H3. The number of hydrogen-bond donors (Lipinski definition) is 0. The average molecular weight is 268 g/mol. The monoisotopic (exact) mass is 266 g/mol. The maximum absolute atomic E-state index is 13.2. The summed E-state index contributed by atoms with van der Waals surface area (Å²) in [5.41, 5.74) is 0.409. The molecule has 0 aliphatic rings. The molecule has 13 heavy (non-hydrogen) atoms. The van der Waals surface area contributed by atoms with Crippen molar-refractivity contribution in [3.05, 3.63) is 28.0 Å². The zero-order valence-electron chi connectivity index (χ0n) is 7.11. The van der Waals surface area contributed by atoms with Crippen LogP contribution >= 0.6 is 27.5 Å². The van der Waals surface area contributed by atoms with Gasteiger partial charge in [0.2, 0.25) is 0 Å². The van der Waals surface area contributed by atoms with Crippen LogP contribution in [-0.4, -0.2) is 6.61 Å². The lowest BCUT2D eigenvalue weighted by Gasteiger charge is -2.09. The van der Waals surface area contributed by atoms with Gasteiger partial charge >= 0.3 is 0 Å². The van der Waals surface area contributed by atoms with Gasteiger partial charge in [-0.25, -0.2) is 4.39 Å². The van der Waals surface area contributed by atoms with E-state index in [0.29, 0.717) is 22.4 Å². The smallest absolute Gasteiger partial charge is 0.132 e. The fraction of sp³-hybridized carbons (Fsp3) is 0.333. The van der Waals surface area contributed by atoms with E-state index in [2.05, 4.69) is 15.9 Å². The second-order valence-corrected chi connectivity index (χ2v) is 3.61. The zero-order chi connectivity index (χ0) is 9.84. The lowest BCUT2D eigenvalue weighted by molar-refractivity contribution is 0.334. The fourth-order valence-corrected chi connectivity index (χ4v) is 1.66. The zero-order valence-corrected chi connectivity index (χ0v) is 9.45. The summed E-state index contributed by atoms with van der Waals surface area (Å²) in [4.78, 5) is 0. The van der Waals surface area contributed by atoms with Gasteiger partial charge in [-0.2, -0.15) is 0 Å². The molecule has 0 fully saturated rings. The van der Waals surface area contributed by atoms with Gasteiger partial charge in [0.1, 0.15) is 11.6 Å². The molecule has 4 heteroatoms. The fourth-order valence-electron chi connectivity index (χ4n) is 0.994. The number of alkyl halides is 1. The third-order valence-corrected chi connectivity index (χ3v) is 2.28. The van der Waals surface area contributed by atoms with Gasteiger partial charge in [-0.15, -0.1) is 11.6 Å². The molecule has 0 N–H and O–H groups in total. The third-order valence-electron chi connectivity index (χ3n) is 1.55. The van der Waals surface area contributed by atoms with Gasteiger partial charge in [0.05, 0.1) is 12.5 Å². The first kappa shape index (κ1) is 10.8. The molecule has 0 spiro atoms. The van der Waals surface area contributed by atoms with Crippen molar-refractivity contribution in [2.75, 3.05) is 6.61 Å². The summed E-state index contributed by atoms with van der Waals surface area (Å²) in [7, 11) is 0. The molecule has 1 aromatic carbocycles. The molecule has 1 nitrogen and oxygen atoms in total. The van der Waals surface area contributed by atoms with Crippen LogP contribution in [0.25, 0.3) is 0 Å². The van der Waals surface area contributed by atoms with Gasteiger partial charge in [0.25, 0.3) is 0 Å². The number of benzene rings is 1. The molecule has 0 radical (unpaired) electrons. The normalized spacial score (nSPS) is 10.2. The second kappa shape index (κ2) is 4.82. The molecule has 72 valence electrons. The molecule has 0 aliphatic heterocycles. The van der Waals surface area contributed by atoms with E-state index >= 15 is 0 Å². The lowest BCUT2D eigenvalue weighted by Crippen LogP contribution is -1.98. The van der Waals surface area contributed by atoms with E-state index < -0.39 is 0 Å². The Morgan fingerprint density at radius 3 is 2.77 bits per heavy atom. The van der Waals surface area contributed by atoms with Gasteiger partial charge in [0, 0.05) is 10.0 Å². The maximum Gasteiger partial charge on any atom is 0.132 e. The number of hydrogen-bond acceptors (Lipinski definition) is 1. The summed E-state index contributed by atoms with van der Waals surface area (Å²) >= 11 is 8.77. The summed E-state index contributed by atoms with van der Waals surface area (Å²) in [5.74, 6) is 0.284. The van der Waals surface area contributed by atoms with Crippen molar-refractivity contribution in [2.24, 2.45) is 0 Å². The molecule has 0 unspecified atom stereocenters. The van der Waals surface area contributed by atoms with Crippen LogP contribution < -0.4 is 4.74 Å². The van der Waals surface area contributed by atoms with Crippen LogP contribution in [0.15, 0.2) is 16.6 Å². The lowest BCUT2D eigenvalue weighted by atomic mass is 10.2. The quantitative estimate of drug-likeness (QED) is 0.758. The highest BCUT2D eigenvalue weighted by Crippen LogP contribution is 2.28. The van der Waals surface area contributed by atoms with Crippen molar-refractivity contribution in [2.45, 2.75) is 12.8 Å². The number of rotatable bonds is 3. The highest BCUT2D eigenvalue weighted by Gasteiger charge is 2.09. The first-order valence-electron chi connectivity index (χ1n) is 3.85. The van der Waals surface area contributed by atoms with Gasteiger partial charge < -0.3 is 4.74 Å². The minimum absolute atomic E-state index is 0.119. The van der Waals surface area contributed by atoms with E-state index in [-0.39, 0.29) is 11.7 Å². The molecule has 0 bridgehead atoms. The highest BCUT2D eigenvalue weighted by atomic mass is 79.9. The van der Waals surface area contributed by atoms with E-state index in [4.69, 9.17) is 16.3 Å². The van der Waals surface area contributed by atoms with E-state index in [1.165, 1.54) is 6.07 Å². The molecule has 0 saturated carbocycles. The van der Waals surface area contributed by atoms with Crippen molar-refractivity contribution in [1.29, 1.82) is 0 Å². The van der Waals surface area contributed by atoms with E-state index in [1.807, 2.05) is 6.92 Å². The number of halogens is 3. The molecule has 0 aliphatic carbocycles. The summed E-state index contributed by atoms with van der Waals surface area (Å²) < 4.78 is 19.1. The summed E-state index contributed by atoms with van der Waals surface area (Å²) in [6.07, 6.45) is 0. The number of ether oxygens (including phenoxy) is 1. The molecule has 1 aromatic rings. The SMILES string of the molecule is CCOc1cc(Br)cc(F)c1CCl. The minimum atomic E-state index is -0.340. The Morgan fingerprint density at radius 1 is 1.54 bits per heavy atom. The van der Waals surface area contributed by atoms with Gasteiger partial charge in [-0.05, 0) is 19.1 Å². The topological polar surface area (TPSA) is 9.23 Å². The molecule has 0 heterocycles. The van der Waals surface area contributed by atoms with Gasteiger partial charge in [-0.3, -0.25) is 0 Å². The van der Waals surface area contributed by atoms with Crippen molar-refractivity contribution in [3.63, 3.8) is 0 Å². The van der Waals surface area contributed by atoms with Crippen molar-refractivity contribution >= 4 is 27.5 Å². The Kier molecular flexibility index (Phi) is 4.00. The van der Waals surface area contributed by atoms with Crippen LogP contribution in [0.5, 0.6) is 5.75 Å². The highest BCUT2D eigenvalue weighted by molar-refractivity contribution is 9.10. The van der Waals surface area contributed by atoms with Crippen LogP contribution in [-0.2, 0) is 5.88 Å². The Hall–Kier alpha value is -0.280. The average Bonchev–Trinajstić information content (AvgIpc) is 2.04. The van der Waals surface area contributed by atoms with Crippen LogP contribution in [0.4, 0.5) is 4.39 Å². The van der Waals surface area contributed by atoms with Gasteiger partial charge in [-0.1, -0.05) is 15.9 Å². The predicted molar refractivity (Wildman–Crippen MR) is 54.8 cm³/mol. The van der Waals surface area contributed by atoms with Crippen LogP contribution in [0.1, 0.15) is 12.5 Å². The summed E-state index contributed by atoms with van der Waals surface area (Å²) in [6.45, 7) is 2.34. The van der Waals surface area contributed by atoms with Crippen molar-refractivity contribution in [3.8, 4) is 5.75 Å². The Bertz CT molecular complexity index is 304. The van der Waals surface area contributed by atoms with Crippen LogP contribution in [0.2, 0.25) is 0 Å². The Balaban J connectivity index is 3.13. The second-order valence-electron chi connectivity index (χ2n) is 2.43. The molecule has 0 saturated heterocycles. The summed E-state index contributed by atoms with van der Waals surface area (Å²) in [6, 6.07) is 3.09. The summed E-state index contributed by atoms with van der Waals surface area (Å²) in [5, 5.41) is 0. The molecule has 0 aromatic heterocycles. The third kappa shape index (κ3) is 2.58.